The van der Waals surface area contributed by atoms with E-state index in [0.29, 0.717) is 25.1 Å². The Morgan fingerprint density at radius 1 is 1.10 bits per heavy atom. The van der Waals surface area contributed by atoms with Gasteiger partial charge in [0.2, 0.25) is 5.91 Å². The minimum Gasteiger partial charge on any atom is -0.338 e. The molecule has 0 spiro atoms. The second kappa shape index (κ2) is 7.78. The van der Waals surface area contributed by atoms with Crippen LogP contribution in [0, 0.1) is 0 Å². The second-order valence-electron chi connectivity index (χ2n) is 7.20. The van der Waals surface area contributed by atoms with Crippen LogP contribution in [-0.2, 0) is 30.4 Å². The quantitative estimate of drug-likeness (QED) is 0.662. The van der Waals surface area contributed by atoms with Crippen LogP contribution in [0.1, 0.15) is 38.2 Å². The first-order chi connectivity index (χ1) is 14.3. The van der Waals surface area contributed by atoms with Crippen molar-refractivity contribution in [2.24, 2.45) is 0 Å². The molecule has 1 aromatic heterocycles. The van der Waals surface area contributed by atoms with Gasteiger partial charge >= 0.3 is 6.18 Å². The SMILES string of the molecule is O=C(c1ccc(C(F)(F)F)cc1)c1cccc2c1CCN(C(=O)Cc1cn[nH]c1)C2. The normalized spacial score (nSPS) is 13.8. The number of aromatic nitrogens is 2. The number of hydrogen-bond acceptors (Lipinski definition) is 3. The van der Waals surface area contributed by atoms with Crippen molar-refractivity contribution < 1.29 is 22.8 Å². The highest BCUT2D eigenvalue weighted by atomic mass is 19.4. The molecule has 0 saturated heterocycles. The number of nitrogens with one attached hydrogen (secondary N) is 1. The van der Waals surface area contributed by atoms with E-state index in [0.717, 1.165) is 28.8 Å². The lowest BCUT2D eigenvalue weighted by molar-refractivity contribution is -0.137. The Morgan fingerprint density at radius 3 is 2.53 bits per heavy atom. The number of carbonyl (C=O) groups is 2. The molecular formula is C22H18F3N3O2. The monoisotopic (exact) mass is 413 g/mol. The topological polar surface area (TPSA) is 66.1 Å². The van der Waals surface area contributed by atoms with E-state index in [1.807, 2.05) is 6.07 Å². The van der Waals surface area contributed by atoms with E-state index in [-0.39, 0.29) is 23.7 Å². The molecule has 1 aliphatic rings. The van der Waals surface area contributed by atoms with Gasteiger partial charge in [-0.3, -0.25) is 14.7 Å². The molecule has 8 heteroatoms. The number of amides is 1. The number of aromatic amines is 1. The lowest BCUT2D eigenvalue weighted by atomic mass is 9.90. The number of benzene rings is 2. The van der Waals surface area contributed by atoms with Gasteiger partial charge in [-0.1, -0.05) is 30.3 Å². The Hall–Kier alpha value is -3.42. The molecule has 1 aliphatic heterocycles. The van der Waals surface area contributed by atoms with E-state index < -0.39 is 11.7 Å². The molecule has 2 heterocycles. The van der Waals surface area contributed by atoms with E-state index in [2.05, 4.69) is 10.2 Å². The smallest absolute Gasteiger partial charge is 0.338 e. The summed E-state index contributed by atoms with van der Waals surface area (Å²) in [4.78, 5) is 27.2. The van der Waals surface area contributed by atoms with Gasteiger partial charge in [0.05, 0.1) is 18.2 Å². The van der Waals surface area contributed by atoms with Gasteiger partial charge in [-0.25, -0.2) is 0 Å². The van der Waals surface area contributed by atoms with Gasteiger partial charge in [0.25, 0.3) is 0 Å². The number of nitrogens with zero attached hydrogens (tertiary/aromatic N) is 2. The molecule has 0 unspecified atom stereocenters. The Balaban J connectivity index is 1.53. The zero-order chi connectivity index (χ0) is 21.3. The fourth-order valence-corrected chi connectivity index (χ4v) is 3.66. The molecule has 154 valence electrons. The van der Waals surface area contributed by atoms with Crippen LogP contribution < -0.4 is 0 Å². The fraction of sp³-hybridized carbons (Fsp3) is 0.227. The minimum absolute atomic E-state index is 0.0264. The highest BCUT2D eigenvalue weighted by Crippen LogP contribution is 2.30. The number of alkyl halides is 3. The third kappa shape index (κ3) is 3.98. The molecule has 3 aromatic rings. The van der Waals surface area contributed by atoms with Crippen molar-refractivity contribution in [2.75, 3.05) is 6.54 Å². The number of carbonyl (C=O) groups excluding carboxylic acids is 2. The number of ketones is 1. The summed E-state index contributed by atoms with van der Waals surface area (Å²) in [6.07, 6.45) is -0.405. The standard InChI is InChI=1S/C22H18F3N3O2/c23-22(24,25)17-6-4-15(5-7-17)21(30)19-3-1-2-16-13-28(9-8-18(16)19)20(29)10-14-11-26-27-12-14/h1-7,11-12H,8-10,13H2,(H,26,27). The van der Waals surface area contributed by atoms with Crippen LogP contribution in [0.4, 0.5) is 13.2 Å². The summed E-state index contributed by atoms with van der Waals surface area (Å²) in [6, 6.07) is 9.53. The number of rotatable bonds is 4. The molecule has 0 fully saturated rings. The largest absolute Gasteiger partial charge is 0.416 e. The van der Waals surface area contributed by atoms with Crippen LogP contribution in [0.25, 0.3) is 0 Å². The van der Waals surface area contributed by atoms with Crippen LogP contribution in [0.3, 0.4) is 0 Å². The predicted octanol–water partition coefficient (Wildman–Crippen LogP) is 3.79. The summed E-state index contributed by atoms with van der Waals surface area (Å²) in [5.41, 5.74) is 2.40. The molecule has 0 atom stereocenters. The predicted molar refractivity (Wildman–Crippen MR) is 103 cm³/mol. The molecule has 0 radical (unpaired) electrons. The lowest BCUT2D eigenvalue weighted by Crippen LogP contribution is -2.37. The van der Waals surface area contributed by atoms with E-state index in [4.69, 9.17) is 0 Å². The average molecular weight is 413 g/mol. The van der Waals surface area contributed by atoms with E-state index in [1.165, 1.54) is 12.1 Å². The molecule has 4 rings (SSSR count). The molecule has 2 aromatic carbocycles. The third-order valence-corrected chi connectivity index (χ3v) is 5.25. The fourth-order valence-electron chi connectivity index (χ4n) is 3.66. The summed E-state index contributed by atoms with van der Waals surface area (Å²) in [6.45, 7) is 0.862. The zero-order valence-electron chi connectivity index (χ0n) is 15.9. The summed E-state index contributed by atoms with van der Waals surface area (Å²) in [5, 5.41) is 6.52. The third-order valence-electron chi connectivity index (χ3n) is 5.25. The van der Waals surface area contributed by atoms with E-state index >= 15 is 0 Å². The molecule has 0 bridgehead atoms. The van der Waals surface area contributed by atoms with Gasteiger partial charge in [0, 0.05) is 30.4 Å². The maximum absolute atomic E-state index is 12.9. The Labute approximate surface area is 170 Å². The van der Waals surface area contributed by atoms with Crippen LogP contribution in [-0.4, -0.2) is 33.3 Å². The van der Waals surface area contributed by atoms with E-state index in [9.17, 15) is 22.8 Å². The van der Waals surface area contributed by atoms with Crippen LogP contribution in [0.15, 0.2) is 54.9 Å². The Kier molecular flexibility index (Phi) is 5.15. The summed E-state index contributed by atoms with van der Waals surface area (Å²) < 4.78 is 38.3. The first-order valence-corrected chi connectivity index (χ1v) is 9.41. The van der Waals surface area contributed by atoms with Gasteiger partial charge in [-0.05, 0) is 35.2 Å². The van der Waals surface area contributed by atoms with Crippen molar-refractivity contribution in [3.05, 3.63) is 88.2 Å². The van der Waals surface area contributed by atoms with Crippen molar-refractivity contribution in [3.63, 3.8) is 0 Å². The summed E-state index contributed by atoms with van der Waals surface area (Å²) >= 11 is 0. The molecular weight excluding hydrogens is 395 g/mol. The maximum atomic E-state index is 12.9. The zero-order valence-corrected chi connectivity index (χ0v) is 15.9. The van der Waals surface area contributed by atoms with Gasteiger partial charge in [0.15, 0.2) is 5.78 Å². The molecule has 1 amide bonds. The van der Waals surface area contributed by atoms with Crippen molar-refractivity contribution in [3.8, 4) is 0 Å². The second-order valence-corrected chi connectivity index (χ2v) is 7.20. The van der Waals surface area contributed by atoms with Gasteiger partial charge in [-0.2, -0.15) is 18.3 Å². The molecule has 30 heavy (non-hydrogen) atoms. The van der Waals surface area contributed by atoms with Crippen LogP contribution in [0.2, 0.25) is 0 Å². The molecule has 5 nitrogen and oxygen atoms in total. The van der Waals surface area contributed by atoms with Crippen molar-refractivity contribution in [1.29, 1.82) is 0 Å². The highest BCUT2D eigenvalue weighted by Gasteiger charge is 2.30. The van der Waals surface area contributed by atoms with E-state index in [1.54, 1.807) is 29.4 Å². The first-order valence-electron chi connectivity index (χ1n) is 9.41. The maximum Gasteiger partial charge on any atom is 0.416 e. The number of halogens is 3. The van der Waals surface area contributed by atoms with Crippen LogP contribution >= 0.6 is 0 Å². The van der Waals surface area contributed by atoms with Crippen molar-refractivity contribution >= 4 is 11.7 Å². The highest BCUT2D eigenvalue weighted by molar-refractivity contribution is 6.10. The Bertz CT molecular complexity index is 1070. The molecule has 1 N–H and O–H groups in total. The lowest BCUT2D eigenvalue weighted by Gasteiger charge is -2.30. The van der Waals surface area contributed by atoms with Crippen molar-refractivity contribution in [2.45, 2.75) is 25.6 Å². The summed E-state index contributed by atoms with van der Waals surface area (Å²) in [7, 11) is 0. The number of H-pyrrole nitrogens is 1. The Morgan fingerprint density at radius 2 is 1.87 bits per heavy atom. The van der Waals surface area contributed by atoms with Gasteiger partial charge in [-0.15, -0.1) is 0 Å². The summed E-state index contributed by atoms with van der Waals surface area (Å²) in [5.74, 6) is -0.347. The van der Waals surface area contributed by atoms with Gasteiger partial charge < -0.3 is 4.90 Å². The van der Waals surface area contributed by atoms with Crippen molar-refractivity contribution in [1.82, 2.24) is 15.1 Å². The molecule has 0 saturated carbocycles. The average Bonchev–Trinajstić information content (AvgIpc) is 3.25. The minimum atomic E-state index is -4.44. The molecule has 0 aliphatic carbocycles. The number of hydrogen-bond donors (Lipinski definition) is 1. The van der Waals surface area contributed by atoms with Crippen LogP contribution in [0.5, 0.6) is 0 Å². The van der Waals surface area contributed by atoms with Gasteiger partial charge in [0.1, 0.15) is 0 Å². The first kappa shape index (κ1) is 19.9. The number of fused-ring (bicyclic) bond motifs is 1.